The minimum atomic E-state index is -0.537. The van der Waals surface area contributed by atoms with Gasteiger partial charge in [0.15, 0.2) is 0 Å². The van der Waals surface area contributed by atoms with Crippen molar-refractivity contribution in [2.75, 3.05) is 4.90 Å². The molecule has 0 fully saturated rings. The Labute approximate surface area is 319 Å². The van der Waals surface area contributed by atoms with Crippen LogP contribution in [0.3, 0.4) is 0 Å². The van der Waals surface area contributed by atoms with Crippen molar-refractivity contribution in [3.63, 3.8) is 0 Å². The quantitative estimate of drug-likeness (QED) is 0.178. The van der Waals surface area contributed by atoms with E-state index in [1.54, 1.807) is 0 Å². The second kappa shape index (κ2) is 14.2. The molecule has 0 amide bonds. The Kier molecular flexibility index (Phi) is 8.77. The van der Waals surface area contributed by atoms with E-state index in [0.29, 0.717) is 0 Å². The van der Waals surface area contributed by atoms with Crippen LogP contribution in [-0.4, -0.2) is 0 Å². The van der Waals surface area contributed by atoms with Crippen molar-refractivity contribution in [1.29, 1.82) is 0 Å². The van der Waals surface area contributed by atoms with Crippen molar-refractivity contribution in [3.8, 4) is 33.4 Å². The van der Waals surface area contributed by atoms with Gasteiger partial charge in [-0.1, -0.05) is 190 Å². The van der Waals surface area contributed by atoms with Crippen LogP contribution in [0.4, 0.5) is 11.4 Å². The van der Waals surface area contributed by atoms with Crippen LogP contribution >= 0.6 is 0 Å². The molecule has 3 aliphatic rings. The number of nitrogens with zero attached hydrogens (tertiary/aromatic N) is 1. The van der Waals surface area contributed by atoms with Crippen molar-refractivity contribution in [2.45, 2.75) is 32.1 Å². The molecule has 7 aromatic rings. The van der Waals surface area contributed by atoms with Gasteiger partial charge in [-0.05, 0) is 91.5 Å². The summed E-state index contributed by atoms with van der Waals surface area (Å²) >= 11 is 0. The highest BCUT2D eigenvalue weighted by atomic mass is 15.2. The fourth-order valence-corrected chi connectivity index (χ4v) is 8.93. The molecule has 54 heavy (non-hydrogen) atoms. The highest BCUT2D eigenvalue weighted by molar-refractivity contribution is 5.98. The maximum absolute atomic E-state index is 2.57. The van der Waals surface area contributed by atoms with Gasteiger partial charge in [0, 0.05) is 17.3 Å². The normalized spacial score (nSPS) is 17.2. The second-order valence-electron chi connectivity index (χ2n) is 13.9. The van der Waals surface area contributed by atoms with Crippen molar-refractivity contribution in [3.05, 3.63) is 227 Å². The molecular formula is C53H43N. The van der Waals surface area contributed by atoms with Gasteiger partial charge in [0.25, 0.3) is 0 Å². The maximum Gasteiger partial charge on any atom is 0.0754 e. The molecule has 0 unspecified atom stereocenters. The number of fused-ring (bicyclic) bond motifs is 10. The third-order valence-electron chi connectivity index (χ3n) is 11.2. The lowest BCUT2D eigenvalue weighted by atomic mass is 9.64. The largest absolute Gasteiger partial charge is 0.313 e. The highest BCUT2D eigenvalue weighted by Crippen LogP contribution is 2.63. The summed E-state index contributed by atoms with van der Waals surface area (Å²) in [4.78, 5) is 2.57. The molecule has 1 heterocycles. The predicted molar refractivity (Wildman–Crippen MR) is 229 cm³/mol. The first kappa shape index (κ1) is 33.4. The summed E-state index contributed by atoms with van der Waals surface area (Å²) in [7, 11) is 0. The molecular weight excluding hydrogens is 651 g/mol. The third kappa shape index (κ3) is 5.31. The minimum absolute atomic E-state index is 0.537. The van der Waals surface area contributed by atoms with E-state index in [4.69, 9.17) is 0 Å². The molecule has 7 aromatic carbocycles. The lowest BCUT2D eigenvalue weighted by Crippen LogP contribution is -2.40. The minimum Gasteiger partial charge on any atom is -0.313 e. The van der Waals surface area contributed by atoms with E-state index in [0.717, 1.165) is 12.8 Å². The zero-order valence-corrected chi connectivity index (χ0v) is 30.9. The topological polar surface area (TPSA) is 3.24 Å². The molecule has 1 nitrogen and oxygen atoms in total. The van der Waals surface area contributed by atoms with Gasteiger partial charge < -0.3 is 4.90 Å². The number of para-hydroxylation sites is 2. The summed E-state index contributed by atoms with van der Waals surface area (Å²) in [5.41, 5.74) is 16.0. The average Bonchev–Trinajstić information content (AvgIpc) is 3.53. The van der Waals surface area contributed by atoms with Gasteiger partial charge in [0.2, 0.25) is 0 Å². The molecule has 0 saturated carbocycles. The zero-order valence-electron chi connectivity index (χ0n) is 30.9. The van der Waals surface area contributed by atoms with Crippen molar-refractivity contribution >= 4 is 23.1 Å². The molecule has 0 radical (unpaired) electrons. The molecule has 0 bridgehead atoms. The molecule has 1 aliphatic heterocycles. The summed E-state index contributed by atoms with van der Waals surface area (Å²) < 4.78 is 0. The van der Waals surface area contributed by atoms with E-state index in [1.165, 1.54) is 83.1 Å². The average molecular weight is 694 g/mol. The van der Waals surface area contributed by atoms with E-state index >= 15 is 0 Å². The Bertz CT molecular complexity index is 2540. The van der Waals surface area contributed by atoms with Crippen LogP contribution in [0.2, 0.25) is 0 Å². The number of hydrogen-bond donors (Lipinski definition) is 0. The Balaban J connectivity index is 0.00000189. The Morgan fingerprint density at radius 2 is 0.944 bits per heavy atom. The van der Waals surface area contributed by atoms with E-state index in [1.807, 2.05) is 13.8 Å². The molecule has 0 N–H and O–H groups in total. The Morgan fingerprint density at radius 3 is 1.54 bits per heavy atom. The summed E-state index contributed by atoms with van der Waals surface area (Å²) in [5.74, 6) is 0. The van der Waals surface area contributed by atoms with Gasteiger partial charge in [0.05, 0.1) is 16.8 Å². The monoisotopic (exact) mass is 693 g/mol. The molecule has 0 atom stereocenters. The third-order valence-corrected chi connectivity index (χ3v) is 11.2. The molecule has 1 heteroatoms. The second-order valence-corrected chi connectivity index (χ2v) is 13.9. The Morgan fingerprint density at radius 1 is 0.444 bits per heavy atom. The molecule has 0 saturated heterocycles. The standard InChI is InChI=1S/C51H37N.C2H6/c1-2-6-22-38-23-12-13-24-41(38)48(27-11-3-1)52-49-28-16-14-25-44(49)51(45-26-15-17-29-50(45)52)46-34-39(36-18-7-4-8-19-36)30-32-42(46)43-33-31-40(35-47(43)51)37-20-9-5-10-21-37;1-2/h1-5,7-26,28-35H,6,27H2;1-2H3/b2-1-,11-3-,38-22-,48-41+;. The summed E-state index contributed by atoms with van der Waals surface area (Å²) in [6, 6.07) is 63.2. The van der Waals surface area contributed by atoms with Crippen molar-refractivity contribution in [1.82, 2.24) is 0 Å². The predicted octanol–water partition coefficient (Wildman–Crippen LogP) is 12.4. The van der Waals surface area contributed by atoms with Gasteiger partial charge in [-0.3, -0.25) is 0 Å². The molecule has 2 aliphatic carbocycles. The van der Waals surface area contributed by atoms with E-state index in [2.05, 4.69) is 205 Å². The Hall–Kier alpha value is -6.44. The fourth-order valence-electron chi connectivity index (χ4n) is 8.93. The van der Waals surface area contributed by atoms with E-state index in [9.17, 15) is 0 Å². The number of anilines is 2. The summed E-state index contributed by atoms with van der Waals surface area (Å²) in [6.45, 7) is 4.00. The van der Waals surface area contributed by atoms with Gasteiger partial charge in [-0.15, -0.1) is 0 Å². The van der Waals surface area contributed by atoms with Gasteiger partial charge in [-0.25, -0.2) is 0 Å². The SMILES string of the molecule is C1=C\C/C=c2/cccc/c2=C(\N2c3ccccc3C3(c4cc(-c5ccccc5)ccc4-c4ccc(-c5ccccc5)cc43)c3ccccc32)C\C=C/1.CC. The molecule has 1 spiro atoms. The van der Waals surface area contributed by atoms with Gasteiger partial charge >= 0.3 is 0 Å². The smallest absolute Gasteiger partial charge is 0.0754 e. The van der Waals surface area contributed by atoms with Crippen LogP contribution in [-0.2, 0) is 5.41 Å². The number of allylic oxidation sites excluding steroid dienone is 3. The van der Waals surface area contributed by atoms with Gasteiger partial charge in [-0.2, -0.15) is 0 Å². The fraction of sp³-hybridized carbons (Fsp3) is 0.0943. The maximum atomic E-state index is 2.57. The van der Waals surface area contributed by atoms with Crippen LogP contribution in [0.25, 0.3) is 45.2 Å². The molecule has 10 rings (SSSR count). The van der Waals surface area contributed by atoms with Crippen LogP contribution in [0.15, 0.2) is 194 Å². The lowest BCUT2D eigenvalue weighted by Gasteiger charge is -2.45. The van der Waals surface area contributed by atoms with Crippen molar-refractivity contribution < 1.29 is 0 Å². The molecule has 0 aromatic heterocycles. The summed E-state index contributed by atoms with van der Waals surface area (Å²) in [5, 5.41) is 2.54. The van der Waals surface area contributed by atoms with Crippen LogP contribution in [0, 0.1) is 0 Å². The van der Waals surface area contributed by atoms with E-state index < -0.39 is 5.41 Å². The first-order valence-corrected chi connectivity index (χ1v) is 19.3. The number of rotatable bonds is 3. The van der Waals surface area contributed by atoms with Crippen molar-refractivity contribution in [2.24, 2.45) is 0 Å². The van der Waals surface area contributed by atoms with Crippen LogP contribution in [0.5, 0.6) is 0 Å². The first-order chi connectivity index (χ1) is 26.8. The zero-order chi connectivity index (χ0) is 36.5. The highest BCUT2D eigenvalue weighted by Gasteiger charge is 2.52. The first-order valence-electron chi connectivity index (χ1n) is 19.3. The number of hydrogen-bond acceptors (Lipinski definition) is 1. The van der Waals surface area contributed by atoms with Crippen LogP contribution < -0.4 is 15.3 Å². The van der Waals surface area contributed by atoms with E-state index in [-0.39, 0.29) is 0 Å². The number of benzene rings is 7. The summed E-state index contributed by atoms with van der Waals surface area (Å²) in [6.07, 6.45) is 13.0. The van der Waals surface area contributed by atoms with Gasteiger partial charge in [0.1, 0.15) is 0 Å². The lowest BCUT2D eigenvalue weighted by molar-refractivity contribution is 0.752. The van der Waals surface area contributed by atoms with Crippen LogP contribution in [0.1, 0.15) is 48.9 Å². The molecule has 260 valence electrons.